The number of hydrogen-bond donors (Lipinski definition) is 0. The molecule has 0 saturated heterocycles. The number of anilines is 3. The first-order chi connectivity index (χ1) is 29.7. The van der Waals surface area contributed by atoms with Gasteiger partial charge in [0.2, 0.25) is 0 Å². The second-order valence-corrected chi connectivity index (χ2v) is 16.3. The third-order valence-corrected chi connectivity index (χ3v) is 12.9. The molecule has 0 atom stereocenters. The van der Waals surface area contributed by atoms with E-state index in [0.717, 1.165) is 17.1 Å². The van der Waals surface area contributed by atoms with Gasteiger partial charge in [-0.2, -0.15) is 0 Å². The SMILES string of the molecule is c1ccc(-c2ccc(-c3ccc(N(c4cccc(-c5ccccc5-c5ccc6ccccc6c5)c4)c4ccccc4-c4cccc5c4sc4ccccc45)cc3)cc2)cc1. The zero-order chi connectivity index (χ0) is 39.8. The first-order valence-corrected chi connectivity index (χ1v) is 21.3. The third-order valence-electron chi connectivity index (χ3n) is 11.7. The third kappa shape index (κ3) is 6.54. The molecular weight excluding hydrogens is 743 g/mol. The van der Waals surface area contributed by atoms with Gasteiger partial charge in [-0.15, -0.1) is 11.3 Å². The van der Waals surface area contributed by atoms with Crippen molar-refractivity contribution in [2.75, 3.05) is 4.90 Å². The molecule has 0 unspecified atom stereocenters. The van der Waals surface area contributed by atoms with Gasteiger partial charge >= 0.3 is 0 Å². The number of rotatable bonds is 8. The van der Waals surface area contributed by atoms with Gasteiger partial charge in [0, 0.05) is 42.7 Å². The molecule has 1 heterocycles. The van der Waals surface area contributed by atoms with Gasteiger partial charge in [0.25, 0.3) is 0 Å². The van der Waals surface area contributed by atoms with Crippen molar-refractivity contribution in [3.8, 4) is 55.6 Å². The second-order valence-electron chi connectivity index (χ2n) is 15.3. The van der Waals surface area contributed by atoms with Gasteiger partial charge in [-0.05, 0) is 97.7 Å². The van der Waals surface area contributed by atoms with E-state index in [2.05, 4.69) is 241 Å². The Kier molecular flexibility index (Phi) is 9.11. The summed E-state index contributed by atoms with van der Waals surface area (Å²) in [6, 6.07) is 86.1. The van der Waals surface area contributed by atoms with Crippen molar-refractivity contribution < 1.29 is 0 Å². The summed E-state index contributed by atoms with van der Waals surface area (Å²) in [5.74, 6) is 0. The van der Waals surface area contributed by atoms with Gasteiger partial charge in [0.05, 0.1) is 5.69 Å². The van der Waals surface area contributed by atoms with E-state index in [1.54, 1.807) is 0 Å². The molecule has 0 amide bonds. The van der Waals surface area contributed by atoms with Crippen LogP contribution in [0.15, 0.2) is 237 Å². The Morgan fingerprint density at radius 2 is 0.800 bits per heavy atom. The molecule has 11 aromatic rings. The highest BCUT2D eigenvalue weighted by Crippen LogP contribution is 2.47. The van der Waals surface area contributed by atoms with E-state index in [4.69, 9.17) is 0 Å². The standard InChI is InChI=1S/C58H39NS/c1-2-14-40(15-3-1)42-28-30-43(31-29-42)44-34-36-48(37-35-44)59(56-26-10-8-22-52(56)54-24-13-25-55-53-23-9-11-27-57(53)60-58(54)55)49-19-12-18-46(39-49)50-20-6-7-21-51(50)47-33-32-41-16-4-5-17-45(41)38-47/h1-39H. The van der Waals surface area contributed by atoms with E-state index in [1.165, 1.54) is 86.6 Å². The lowest BCUT2D eigenvalue weighted by Gasteiger charge is -2.29. The molecule has 0 radical (unpaired) electrons. The molecule has 0 aliphatic carbocycles. The van der Waals surface area contributed by atoms with Crippen LogP contribution in [0.4, 0.5) is 17.1 Å². The minimum Gasteiger partial charge on any atom is -0.310 e. The predicted molar refractivity (Wildman–Crippen MR) is 259 cm³/mol. The topological polar surface area (TPSA) is 3.24 Å². The lowest BCUT2D eigenvalue weighted by Crippen LogP contribution is -2.11. The maximum atomic E-state index is 2.44. The highest BCUT2D eigenvalue weighted by atomic mass is 32.1. The second kappa shape index (κ2) is 15.3. The van der Waals surface area contributed by atoms with Crippen LogP contribution < -0.4 is 4.90 Å². The molecule has 0 aliphatic heterocycles. The molecule has 0 N–H and O–H groups in total. The normalized spacial score (nSPS) is 11.3. The number of benzene rings is 10. The lowest BCUT2D eigenvalue weighted by atomic mass is 9.93. The van der Waals surface area contributed by atoms with Gasteiger partial charge in [-0.25, -0.2) is 0 Å². The quantitative estimate of drug-likeness (QED) is 0.148. The van der Waals surface area contributed by atoms with Gasteiger partial charge in [-0.3, -0.25) is 0 Å². The molecule has 0 spiro atoms. The Morgan fingerprint density at radius 3 is 1.57 bits per heavy atom. The summed E-state index contributed by atoms with van der Waals surface area (Å²) in [4.78, 5) is 2.44. The largest absolute Gasteiger partial charge is 0.310 e. The van der Waals surface area contributed by atoms with Crippen molar-refractivity contribution in [2.24, 2.45) is 0 Å². The Balaban J connectivity index is 1.05. The van der Waals surface area contributed by atoms with Crippen LogP contribution in [0, 0.1) is 0 Å². The van der Waals surface area contributed by atoms with Crippen LogP contribution >= 0.6 is 11.3 Å². The smallest absolute Gasteiger partial charge is 0.0540 e. The van der Waals surface area contributed by atoms with Crippen molar-refractivity contribution in [1.29, 1.82) is 0 Å². The van der Waals surface area contributed by atoms with E-state index in [9.17, 15) is 0 Å². The van der Waals surface area contributed by atoms with Crippen LogP contribution in [-0.4, -0.2) is 0 Å². The van der Waals surface area contributed by atoms with Gasteiger partial charge in [-0.1, -0.05) is 194 Å². The number of para-hydroxylation sites is 1. The summed E-state index contributed by atoms with van der Waals surface area (Å²) in [5.41, 5.74) is 15.3. The summed E-state index contributed by atoms with van der Waals surface area (Å²) in [6.07, 6.45) is 0. The number of nitrogens with zero attached hydrogens (tertiary/aromatic N) is 1. The van der Waals surface area contributed by atoms with Crippen molar-refractivity contribution in [1.82, 2.24) is 0 Å². The average molecular weight is 782 g/mol. The molecule has 0 saturated carbocycles. The Labute approximate surface area is 354 Å². The fourth-order valence-electron chi connectivity index (χ4n) is 8.73. The van der Waals surface area contributed by atoms with Gasteiger partial charge in [0.1, 0.15) is 0 Å². The maximum absolute atomic E-state index is 2.44. The van der Waals surface area contributed by atoms with E-state index < -0.39 is 0 Å². The summed E-state index contributed by atoms with van der Waals surface area (Å²) < 4.78 is 2.61. The average Bonchev–Trinajstić information content (AvgIpc) is 3.72. The first-order valence-electron chi connectivity index (χ1n) is 20.5. The molecule has 0 aliphatic rings. The molecular formula is C58H39NS. The molecule has 10 aromatic carbocycles. The highest BCUT2D eigenvalue weighted by molar-refractivity contribution is 7.26. The molecule has 282 valence electrons. The molecule has 2 heteroatoms. The van der Waals surface area contributed by atoms with Crippen LogP contribution in [0.3, 0.4) is 0 Å². The van der Waals surface area contributed by atoms with Crippen molar-refractivity contribution >= 4 is 59.3 Å². The van der Waals surface area contributed by atoms with E-state index >= 15 is 0 Å². The monoisotopic (exact) mass is 781 g/mol. The molecule has 60 heavy (non-hydrogen) atoms. The van der Waals surface area contributed by atoms with Crippen LogP contribution in [0.1, 0.15) is 0 Å². The molecule has 1 aromatic heterocycles. The molecule has 1 nitrogen and oxygen atoms in total. The Hall–Kier alpha value is -7.52. The zero-order valence-electron chi connectivity index (χ0n) is 32.9. The highest BCUT2D eigenvalue weighted by Gasteiger charge is 2.21. The Bertz CT molecular complexity index is 3310. The lowest BCUT2D eigenvalue weighted by molar-refractivity contribution is 1.28. The van der Waals surface area contributed by atoms with Gasteiger partial charge < -0.3 is 4.90 Å². The summed E-state index contributed by atoms with van der Waals surface area (Å²) >= 11 is 1.88. The maximum Gasteiger partial charge on any atom is 0.0540 e. The Morgan fingerprint density at radius 1 is 0.283 bits per heavy atom. The summed E-state index contributed by atoms with van der Waals surface area (Å²) in [5, 5.41) is 5.09. The molecule has 0 bridgehead atoms. The number of fused-ring (bicyclic) bond motifs is 4. The van der Waals surface area contributed by atoms with E-state index in [0.29, 0.717) is 0 Å². The van der Waals surface area contributed by atoms with Crippen LogP contribution in [0.5, 0.6) is 0 Å². The fourth-order valence-corrected chi connectivity index (χ4v) is 9.96. The fraction of sp³-hybridized carbons (Fsp3) is 0. The first kappa shape index (κ1) is 35.6. The van der Waals surface area contributed by atoms with Crippen LogP contribution in [0.25, 0.3) is 86.6 Å². The zero-order valence-corrected chi connectivity index (χ0v) is 33.7. The van der Waals surface area contributed by atoms with Crippen molar-refractivity contribution in [2.45, 2.75) is 0 Å². The minimum absolute atomic E-state index is 1.09. The van der Waals surface area contributed by atoms with E-state index in [-0.39, 0.29) is 0 Å². The van der Waals surface area contributed by atoms with Crippen LogP contribution in [-0.2, 0) is 0 Å². The minimum atomic E-state index is 1.09. The van der Waals surface area contributed by atoms with Crippen LogP contribution in [0.2, 0.25) is 0 Å². The summed E-state index contributed by atoms with van der Waals surface area (Å²) in [7, 11) is 0. The van der Waals surface area contributed by atoms with Crippen molar-refractivity contribution in [3.05, 3.63) is 237 Å². The molecule has 11 rings (SSSR count). The van der Waals surface area contributed by atoms with E-state index in [1.807, 2.05) is 11.3 Å². The predicted octanol–water partition coefficient (Wildman–Crippen LogP) is 17.0. The number of thiophene rings is 1. The van der Waals surface area contributed by atoms with Crippen molar-refractivity contribution in [3.63, 3.8) is 0 Å². The van der Waals surface area contributed by atoms with Gasteiger partial charge in [0.15, 0.2) is 0 Å². The molecule has 0 fully saturated rings. The summed E-state index contributed by atoms with van der Waals surface area (Å²) in [6.45, 7) is 0. The number of hydrogen-bond acceptors (Lipinski definition) is 2.